The predicted molar refractivity (Wildman–Crippen MR) is 122 cm³/mol. The van der Waals surface area contributed by atoms with Crippen molar-refractivity contribution in [1.29, 1.82) is 0 Å². The molecule has 4 rings (SSSR count). The van der Waals surface area contributed by atoms with Crippen LogP contribution in [-0.4, -0.2) is 59.3 Å². The average molecular weight is 484 g/mol. The van der Waals surface area contributed by atoms with Crippen LogP contribution in [0.4, 0.5) is 11.4 Å². The minimum atomic E-state index is -0.211. The lowest BCUT2D eigenvalue weighted by molar-refractivity contribution is -0.118. The van der Waals surface area contributed by atoms with Crippen molar-refractivity contribution in [3.8, 4) is 5.69 Å². The Morgan fingerprint density at radius 1 is 0.968 bits per heavy atom. The highest BCUT2D eigenvalue weighted by molar-refractivity contribution is 9.10. The average Bonchev–Trinajstić information content (AvgIpc) is 3.22. The maximum atomic E-state index is 12.5. The fourth-order valence-electron chi connectivity index (χ4n) is 3.21. The second-order valence-electron chi connectivity index (χ2n) is 7.12. The van der Waals surface area contributed by atoms with Gasteiger partial charge in [-0.15, -0.1) is 0 Å². The van der Waals surface area contributed by atoms with E-state index in [1.165, 1.54) is 0 Å². The van der Waals surface area contributed by atoms with E-state index in [2.05, 4.69) is 36.6 Å². The number of hydrogen-bond donors (Lipinski definition) is 2. The van der Waals surface area contributed by atoms with E-state index in [0.717, 1.165) is 23.2 Å². The summed E-state index contributed by atoms with van der Waals surface area (Å²) >= 11 is 3.37. The number of ether oxygens (including phenoxy) is 1. The molecule has 0 aliphatic carbocycles. The van der Waals surface area contributed by atoms with Crippen molar-refractivity contribution in [3.63, 3.8) is 0 Å². The summed E-state index contributed by atoms with van der Waals surface area (Å²) in [5.74, 6) is -0.278. The number of hydrogen-bond acceptors (Lipinski definition) is 5. The molecular formula is C22H22BrN5O3. The summed E-state index contributed by atoms with van der Waals surface area (Å²) in [5.41, 5.74) is 2.74. The molecule has 3 aromatic rings. The van der Waals surface area contributed by atoms with Crippen LogP contribution in [0.1, 0.15) is 10.4 Å². The molecule has 0 spiro atoms. The van der Waals surface area contributed by atoms with E-state index in [1.807, 2.05) is 18.3 Å². The number of anilines is 2. The van der Waals surface area contributed by atoms with E-state index < -0.39 is 0 Å². The molecule has 2 amide bonds. The zero-order valence-electron chi connectivity index (χ0n) is 16.8. The topological polar surface area (TPSA) is 88.5 Å². The van der Waals surface area contributed by atoms with Crippen LogP contribution in [0.5, 0.6) is 0 Å². The van der Waals surface area contributed by atoms with Crippen molar-refractivity contribution in [2.45, 2.75) is 0 Å². The number of benzene rings is 2. The van der Waals surface area contributed by atoms with Gasteiger partial charge in [-0.05, 0) is 64.5 Å². The van der Waals surface area contributed by atoms with Crippen LogP contribution in [0.15, 0.2) is 65.4 Å². The number of carbonyl (C=O) groups is 2. The smallest absolute Gasteiger partial charge is 0.255 e. The third-order valence-electron chi connectivity index (χ3n) is 4.84. The van der Waals surface area contributed by atoms with Gasteiger partial charge in [-0.3, -0.25) is 14.5 Å². The molecule has 0 radical (unpaired) electrons. The molecule has 0 saturated carbocycles. The number of nitrogens with zero attached hydrogens (tertiary/aromatic N) is 3. The van der Waals surface area contributed by atoms with Crippen molar-refractivity contribution in [2.75, 3.05) is 43.5 Å². The number of aromatic nitrogens is 2. The molecule has 9 heteroatoms. The van der Waals surface area contributed by atoms with E-state index in [4.69, 9.17) is 4.74 Å². The summed E-state index contributed by atoms with van der Waals surface area (Å²) in [6, 6.07) is 14.2. The lowest BCUT2D eigenvalue weighted by Crippen LogP contribution is -2.41. The standard InChI is InChI=1S/C22H22BrN5O3/c23-17-13-24-28(14-17)20-7-1-16(2-8-20)22(30)26-19-5-3-18(4-6-19)25-21(29)15-27-9-11-31-12-10-27/h1-8,13-14H,9-12,15H2,(H,25,29)(H,26,30). The Hall–Kier alpha value is -3.01. The first kappa shape index (κ1) is 21.2. The number of halogens is 1. The van der Waals surface area contributed by atoms with E-state index in [-0.39, 0.29) is 11.8 Å². The molecule has 1 fully saturated rings. The molecule has 8 nitrogen and oxygen atoms in total. The third kappa shape index (κ3) is 5.78. The summed E-state index contributed by atoms with van der Waals surface area (Å²) in [6.45, 7) is 3.18. The Bertz CT molecular complexity index is 1040. The van der Waals surface area contributed by atoms with Gasteiger partial charge < -0.3 is 15.4 Å². The Kier molecular flexibility index (Phi) is 6.76. The molecule has 0 atom stereocenters. The fraction of sp³-hybridized carbons (Fsp3) is 0.227. The van der Waals surface area contributed by atoms with Gasteiger partial charge in [0.1, 0.15) is 0 Å². The molecule has 1 aromatic heterocycles. The molecule has 0 unspecified atom stereocenters. The fourth-order valence-corrected chi connectivity index (χ4v) is 3.50. The first-order valence-electron chi connectivity index (χ1n) is 9.89. The number of nitrogens with one attached hydrogen (secondary N) is 2. The second-order valence-corrected chi connectivity index (χ2v) is 8.03. The highest BCUT2D eigenvalue weighted by atomic mass is 79.9. The molecule has 2 aromatic carbocycles. The number of amides is 2. The van der Waals surface area contributed by atoms with Crippen LogP contribution in [0.2, 0.25) is 0 Å². The first-order chi connectivity index (χ1) is 15.1. The van der Waals surface area contributed by atoms with Crippen LogP contribution < -0.4 is 10.6 Å². The molecule has 0 bridgehead atoms. The van der Waals surface area contributed by atoms with Crippen molar-refractivity contribution in [2.24, 2.45) is 0 Å². The highest BCUT2D eigenvalue weighted by Crippen LogP contribution is 2.17. The van der Waals surface area contributed by atoms with Gasteiger partial charge in [0.2, 0.25) is 5.91 Å². The summed E-state index contributed by atoms with van der Waals surface area (Å²) < 4.78 is 7.89. The number of rotatable bonds is 6. The van der Waals surface area contributed by atoms with Crippen LogP contribution in [0, 0.1) is 0 Å². The molecule has 2 N–H and O–H groups in total. The molecular weight excluding hydrogens is 462 g/mol. The van der Waals surface area contributed by atoms with Gasteiger partial charge in [0.05, 0.1) is 36.1 Å². The van der Waals surface area contributed by atoms with E-state index in [0.29, 0.717) is 36.7 Å². The van der Waals surface area contributed by atoms with Crippen LogP contribution in [0.3, 0.4) is 0 Å². The van der Waals surface area contributed by atoms with Gasteiger partial charge in [0.15, 0.2) is 0 Å². The summed E-state index contributed by atoms with van der Waals surface area (Å²) in [6.07, 6.45) is 3.55. The summed E-state index contributed by atoms with van der Waals surface area (Å²) in [4.78, 5) is 26.8. The van der Waals surface area contributed by atoms with Crippen LogP contribution in [-0.2, 0) is 9.53 Å². The molecule has 1 aliphatic heterocycles. The van der Waals surface area contributed by atoms with Gasteiger partial charge in [-0.2, -0.15) is 5.10 Å². The first-order valence-corrected chi connectivity index (χ1v) is 10.7. The Morgan fingerprint density at radius 3 is 2.23 bits per heavy atom. The second kappa shape index (κ2) is 9.86. The Labute approximate surface area is 188 Å². The summed E-state index contributed by atoms with van der Waals surface area (Å²) in [7, 11) is 0. The van der Waals surface area contributed by atoms with Crippen LogP contribution in [0.25, 0.3) is 5.69 Å². The normalized spacial score (nSPS) is 14.2. The minimum absolute atomic E-state index is 0.0667. The van der Waals surface area contributed by atoms with Crippen molar-refractivity contribution < 1.29 is 14.3 Å². The monoisotopic (exact) mass is 483 g/mol. The Morgan fingerprint density at radius 2 is 1.61 bits per heavy atom. The van der Waals surface area contributed by atoms with Gasteiger partial charge >= 0.3 is 0 Å². The molecule has 1 saturated heterocycles. The maximum Gasteiger partial charge on any atom is 0.255 e. The van der Waals surface area contributed by atoms with Crippen molar-refractivity contribution >= 4 is 39.1 Å². The van der Waals surface area contributed by atoms with Crippen LogP contribution >= 0.6 is 15.9 Å². The predicted octanol–water partition coefficient (Wildman–Crippen LogP) is 3.16. The SMILES string of the molecule is O=C(CN1CCOCC1)Nc1ccc(NC(=O)c2ccc(-n3cc(Br)cn3)cc2)cc1. The zero-order valence-corrected chi connectivity index (χ0v) is 18.3. The molecule has 31 heavy (non-hydrogen) atoms. The quantitative estimate of drug-likeness (QED) is 0.562. The lowest BCUT2D eigenvalue weighted by atomic mass is 10.2. The molecule has 1 aliphatic rings. The summed E-state index contributed by atoms with van der Waals surface area (Å²) in [5, 5.41) is 9.96. The van der Waals surface area contributed by atoms with E-state index in [9.17, 15) is 9.59 Å². The highest BCUT2D eigenvalue weighted by Gasteiger charge is 2.14. The van der Waals surface area contributed by atoms with Gasteiger partial charge in [-0.1, -0.05) is 0 Å². The van der Waals surface area contributed by atoms with Crippen molar-refractivity contribution in [1.82, 2.24) is 14.7 Å². The minimum Gasteiger partial charge on any atom is -0.379 e. The van der Waals surface area contributed by atoms with Gasteiger partial charge in [-0.25, -0.2) is 4.68 Å². The molecule has 160 valence electrons. The third-order valence-corrected chi connectivity index (χ3v) is 5.25. The Balaban J connectivity index is 1.31. The van der Waals surface area contributed by atoms with E-state index in [1.54, 1.807) is 47.3 Å². The lowest BCUT2D eigenvalue weighted by Gasteiger charge is -2.25. The maximum absolute atomic E-state index is 12.5. The van der Waals surface area contributed by atoms with Gasteiger partial charge in [0, 0.05) is 36.2 Å². The van der Waals surface area contributed by atoms with E-state index >= 15 is 0 Å². The zero-order chi connectivity index (χ0) is 21.6. The number of carbonyl (C=O) groups excluding carboxylic acids is 2. The largest absolute Gasteiger partial charge is 0.379 e. The van der Waals surface area contributed by atoms with Crippen molar-refractivity contribution in [3.05, 3.63) is 71.0 Å². The number of morpholine rings is 1. The molecule has 2 heterocycles. The van der Waals surface area contributed by atoms with Gasteiger partial charge in [0.25, 0.3) is 5.91 Å².